The van der Waals surface area contributed by atoms with Gasteiger partial charge in [-0.1, -0.05) is 19.1 Å². The van der Waals surface area contributed by atoms with Crippen LogP contribution in [0.2, 0.25) is 0 Å². The lowest BCUT2D eigenvalue weighted by Crippen LogP contribution is -2.30. The molecule has 1 aromatic carbocycles. The molecule has 108 valence electrons. The lowest BCUT2D eigenvalue weighted by Gasteiger charge is -2.22. The highest BCUT2D eigenvalue weighted by atomic mass is 19.1. The zero-order valence-corrected chi connectivity index (χ0v) is 12.1. The molecule has 2 nitrogen and oxygen atoms in total. The van der Waals surface area contributed by atoms with Gasteiger partial charge >= 0.3 is 0 Å². The summed E-state index contributed by atoms with van der Waals surface area (Å²) >= 11 is 0. The average Bonchev–Trinajstić information content (AvgIpc) is 2.97. The van der Waals surface area contributed by atoms with Crippen molar-refractivity contribution in [3.63, 3.8) is 0 Å². The van der Waals surface area contributed by atoms with Crippen molar-refractivity contribution in [2.45, 2.75) is 45.2 Å². The molecule has 0 spiro atoms. The predicted octanol–water partition coefficient (Wildman–Crippen LogP) is 4.48. The van der Waals surface area contributed by atoms with E-state index in [2.05, 4.69) is 19.2 Å². The minimum absolute atomic E-state index is 0.186. The number of rotatable bonds is 7. The van der Waals surface area contributed by atoms with Crippen LogP contribution in [0.5, 0.6) is 0 Å². The van der Waals surface area contributed by atoms with Crippen LogP contribution >= 0.6 is 0 Å². The van der Waals surface area contributed by atoms with Gasteiger partial charge in [-0.2, -0.15) is 0 Å². The molecule has 3 heteroatoms. The van der Waals surface area contributed by atoms with Crippen molar-refractivity contribution in [1.82, 2.24) is 5.32 Å². The summed E-state index contributed by atoms with van der Waals surface area (Å²) in [6.07, 6.45) is 4.64. The van der Waals surface area contributed by atoms with Gasteiger partial charge in [0.15, 0.2) is 0 Å². The Morgan fingerprint density at radius 2 is 1.95 bits per heavy atom. The lowest BCUT2D eigenvalue weighted by atomic mass is 10.0. The first-order valence-electron chi connectivity index (χ1n) is 7.23. The minimum Gasteiger partial charge on any atom is -0.469 e. The van der Waals surface area contributed by atoms with Gasteiger partial charge in [0.05, 0.1) is 6.26 Å². The molecule has 0 aliphatic heterocycles. The van der Waals surface area contributed by atoms with Crippen molar-refractivity contribution in [1.29, 1.82) is 0 Å². The Labute approximate surface area is 120 Å². The predicted molar refractivity (Wildman–Crippen MR) is 79.1 cm³/mol. The van der Waals surface area contributed by atoms with Gasteiger partial charge in [-0.05, 0) is 49.6 Å². The van der Waals surface area contributed by atoms with Crippen LogP contribution in [0.3, 0.4) is 0 Å². The van der Waals surface area contributed by atoms with E-state index in [1.165, 1.54) is 12.1 Å². The van der Waals surface area contributed by atoms with Crippen LogP contribution < -0.4 is 5.32 Å². The lowest BCUT2D eigenvalue weighted by molar-refractivity contribution is 0.410. The van der Waals surface area contributed by atoms with E-state index >= 15 is 0 Å². The first kappa shape index (κ1) is 14.8. The van der Waals surface area contributed by atoms with Crippen molar-refractivity contribution in [3.05, 3.63) is 59.8 Å². The normalized spacial score (nSPS) is 14.2. The van der Waals surface area contributed by atoms with E-state index in [0.29, 0.717) is 6.04 Å². The Balaban J connectivity index is 1.87. The van der Waals surface area contributed by atoms with Crippen molar-refractivity contribution >= 4 is 0 Å². The first-order valence-corrected chi connectivity index (χ1v) is 7.23. The molecule has 0 radical (unpaired) electrons. The molecule has 0 amide bonds. The summed E-state index contributed by atoms with van der Waals surface area (Å²) in [6, 6.07) is 11.3. The number of nitrogens with one attached hydrogen (secondary N) is 1. The van der Waals surface area contributed by atoms with Gasteiger partial charge in [-0.15, -0.1) is 0 Å². The zero-order valence-electron chi connectivity index (χ0n) is 12.1. The third-order valence-electron chi connectivity index (χ3n) is 3.57. The molecule has 0 saturated carbocycles. The van der Waals surface area contributed by atoms with E-state index in [4.69, 9.17) is 4.42 Å². The van der Waals surface area contributed by atoms with Gasteiger partial charge in [0.2, 0.25) is 0 Å². The van der Waals surface area contributed by atoms with E-state index in [0.717, 1.165) is 30.6 Å². The SMILES string of the molecule is CCC(NC(C)CCc1ccco1)c1ccc(F)cc1. The Kier molecular flexibility index (Phi) is 5.36. The molecule has 0 bridgehead atoms. The molecular weight excluding hydrogens is 253 g/mol. The van der Waals surface area contributed by atoms with Gasteiger partial charge < -0.3 is 9.73 Å². The third-order valence-corrected chi connectivity index (χ3v) is 3.57. The van der Waals surface area contributed by atoms with E-state index in [-0.39, 0.29) is 11.9 Å². The number of furan rings is 1. The fraction of sp³-hybridized carbons (Fsp3) is 0.412. The molecule has 0 aliphatic rings. The Morgan fingerprint density at radius 1 is 1.20 bits per heavy atom. The zero-order chi connectivity index (χ0) is 14.4. The molecule has 1 aromatic heterocycles. The van der Waals surface area contributed by atoms with Gasteiger partial charge in [0.1, 0.15) is 11.6 Å². The van der Waals surface area contributed by atoms with Gasteiger partial charge in [-0.3, -0.25) is 0 Å². The second-order valence-electron chi connectivity index (χ2n) is 5.20. The maximum atomic E-state index is 13.0. The second kappa shape index (κ2) is 7.25. The summed E-state index contributed by atoms with van der Waals surface area (Å²) in [5.74, 6) is 0.836. The molecule has 2 atom stereocenters. The van der Waals surface area contributed by atoms with Crippen LogP contribution in [0.1, 0.15) is 44.1 Å². The monoisotopic (exact) mass is 275 g/mol. The van der Waals surface area contributed by atoms with Crippen LogP contribution in [-0.2, 0) is 6.42 Å². The summed E-state index contributed by atoms with van der Waals surface area (Å²) in [6.45, 7) is 4.31. The molecule has 2 aromatic rings. The molecule has 2 rings (SSSR count). The van der Waals surface area contributed by atoms with E-state index in [9.17, 15) is 4.39 Å². The molecule has 1 N–H and O–H groups in total. The summed E-state index contributed by atoms with van der Waals surface area (Å²) in [5.41, 5.74) is 1.14. The molecule has 2 unspecified atom stereocenters. The van der Waals surface area contributed by atoms with Crippen LogP contribution in [-0.4, -0.2) is 6.04 Å². The molecule has 20 heavy (non-hydrogen) atoms. The number of hydrogen-bond acceptors (Lipinski definition) is 2. The summed E-state index contributed by atoms with van der Waals surface area (Å²) in [4.78, 5) is 0. The molecule has 0 saturated heterocycles. The topological polar surface area (TPSA) is 25.2 Å². The highest BCUT2D eigenvalue weighted by Crippen LogP contribution is 2.18. The van der Waals surface area contributed by atoms with Crippen molar-refractivity contribution in [2.24, 2.45) is 0 Å². The Bertz CT molecular complexity index is 492. The molecule has 0 fully saturated rings. The van der Waals surface area contributed by atoms with Crippen LogP contribution in [0.25, 0.3) is 0 Å². The largest absolute Gasteiger partial charge is 0.469 e. The number of benzene rings is 1. The minimum atomic E-state index is -0.186. The molecular formula is C17H22FNO. The van der Waals surface area contributed by atoms with Crippen molar-refractivity contribution < 1.29 is 8.81 Å². The van der Waals surface area contributed by atoms with Crippen LogP contribution in [0.15, 0.2) is 47.1 Å². The summed E-state index contributed by atoms with van der Waals surface area (Å²) in [7, 11) is 0. The van der Waals surface area contributed by atoms with Crippen LogP contribution in [0.4, 0.5) is 4.39 Å². The van der Waals surface area contributed by atoms with Crippen LogP contribution in [0, 0.1) is 5.82 Å². The highest BCUT2D eigenvalue weighted by molar-refractivity contribution is 5.20. The Hall–Kier alpha value is -1.61. The number of aryl methyl sites for hydroxylation is 1. The molecule has 0 aliphatic carbocycles. The van der Waals surface area contributed by atoms with E-state index in [1.807, 2.05) is 24.3 Å². The Morgan fingerprint density at radius 3 is 2.55 bits per heavy atom. The number of halogens is 1. The molecule has 1 heterocycles. The quantitative estimate of drug-likeness (QED) is 0.806. The van der Waals surface area contributed by atoms with E-state index in [1.54, 1.807) is 6.26 Å². The van der Waals surface area contributed by atoms with E-state index < -0.39 is 0 Å². The van der Waals surface area contributed by atoms with Gasteiger partial charge in [0, 0.05) is 18.5 Å². The van der Waals surface area contributed by atoms with Crippen molar-refractivity contribution in [3.8, 4) is 0 Å². The van der Waals surface area contributed by atoms with Gasteiger partial charge in [0.25, 0.3) is 0 Å². The smallest absolute Gasteiger partial charge is 0.123 e. The fourth-order valence-electron chi connectivity index (χ4n) is 2.39. The fourth-order valence-corrected chi connectivity index (χ4v) is 2.39. The first-order chi connectivity index (χ1) is 9.69. The second-order valence-corrected chi connectivity index (χ2v) is 5.20. The van der Waals surface area contributed by atoms with Crippen molar-refractivity contribution in [2.75, 3.05) is 0 Å². The standard InChI is InChI=1S/C17H22FNO/c1-3-17(14-7-9-15(18)10-8-14)19-13(2)6-11-16-5-4-12-20-16/h4-5,7-10,12-13,17,19H,3,6,11H2,1-2H3. The van der Waals surface area contributed by atoms with Gasteiger partial charge in [-0.25, -0.2) is 4.39 Å². The average molecular weight is 275 g/mol. The number of hydrogen-bond donors (Lipinski definition) is 1. The summed E-state index contributed by atoms with van der Waals surface area (Å²) in [5, 5.41) is 3.60. The summed E-state index contributed by atoms with van der Waals surface area (Å²) < 4.78 is 18.3. The highest BCUT2D eigenvalue weighted by Gasteiger charge is 2.13. The maximum Gasteiger partial charge on any atom is 0.123 e. The maximum absolute atomic E-state index is 13.0. The third kappa shape index (κ3) is 4.20.